The molecule has 3 N–H and O–H groups in total. The quantitative estimate of drug-likeness (QED) is 0.766. The minimum Gasteiger partial charge on any atom is -0.490 e. The standard InChI is InChI=1S/C10H17N3O3S/c1-13(2)17(14,15)12-9-5-3-4-6-10(9)16-8-7-11/h3-6,12H,7-8,11H2,1-2H3. The van der Waals surface area contributed by atoms with Crippen molar-refractivity contribution in [1.29, 1.82) is 0 Å². The largest absolute Gasteiger partial charge is 0.490 e. The zero-order chi connectivity index (χ0) is 12.9. The Kier molecular flexibility index (Phi) is 4.73. The first kappa shape index (κ1) is 13.8. The molecule has 96 valence electrons. The van der Waals surface area contributed by atoms with E-state index in [9.17, 15) is 8.42 Å². The molecule has 0 fully saturated rings. The van der Waals surface area contributed by atoms with E-state index in [0.717, 1.165) is 4.31 Å². The third-order valence-corrected chi connectivity index (χ3v) is 3.42. The van der Waals surface area contributed by atoms with E-state index < -0.39 is 10.2 Å². The van der Waals surface area contributed by atoms with Gasteiger partial charge in [-0.3, -0.25) is 4.72 Å². The molecule has 0 bridgehead atoms. The van der Waals surface area contributed by atoms with Gasteiger partial charge < -0.3 is 10.5 Å². The first-order valence-electron chi connectivity index (χ1n) is 5.09. The highest BCUT2D eigenvalue weighted by Gasteiger charge is 2.15. The number of hydrogen-bond donors (Lipinski definition) is 2. The molecular formula is C10H17N3O3S. The number of nitrogens with two attached hydrogens (primary N) is 1. The molecule has 0 saturated heterocycles. The van der Waals surface area contributed by atoms with Gasteiger partial charge in [-0.1, -0.05) is 12.1 Å². The lowest BCUT2D eigenvalue weighted by Gasteiger charge is -2.16. The van der Waals surface area contributed by atoms with Crippen LogP contribution in [0, 0.1) is 0 Å². The van der Waals surface area contributed by atoms with Crippen molar-refractivity contribution in [2.45, 2.75) is 0 Å². The number of ether oxygens (including phenoxy) is 1. The van der Waals surface area contributed by atoms with E-state index in [-0.39, 0.29) is 0 Å². The summed E-state index contributed by atoms with van der Waals surface area (Å²) in [6, 6.07) is 6.80. The number of nitrogens with zero attached hydrogens (tertiary/aromatic N) is 1. The Bertz CT molecular complexity index is 460. The van der Waals surface area contributed by atoms with Crippen molar-refractivity contribution in [2.75, 3.05) is 32.0 Å². The van der Waals surface area contributed by atoms with E-state index in [1.807, 2.05) is 0 Å². The molecule has 0 unspecified atom stereocenters. The Labute approximate surface area is 102 Å². The summed E-state index contributed by atoms with van der Waals surface area (Å²) in [6.07, 6.45) is 0. The Morgan fingerprint density at radius 3 is 2.59 bits per heavy atom. The molecule has 1 aromatic carbocycles. The van der Waals surface area contributed by atoms with E-state index in [2.05, 4.69) is 4.72 Å². The van der Waals surface area contributed by atoms with Crippen molar-refractivity contribution >= 4 is 15.9 Å². The van der Waals surface area contributed by atoms with Crippen LogP contribution in [0.15, 0.2) is 24.3 Å². The molecule has 0 amide bonds. The highest BCUT2D eigenvalue weighted by Crippen LogP contribution is 2.24. The molecule has 1 rings (SSSR count). The number of rotatable bonds is 6. The molecule has 0 aliphatic rings. The van der Waals surface area contributed by atoms with Crippen molar-refractivity contribution in [3.63, 3.8) is 0 Å². The Hall–Kier alpha value is -1.31. The molecule has 17 heavy (non-hydrogen) atoms. The summed E-state index contributed by atoms with van der Waals surface area (Å²) in [5, 5.41) is 0. The Morgan fingerprint density at radius 2 is 2.00 bits per heavy atom. The Morgan fingerprint density at radius 1 is 1.35 bits per heavy atom. The van der Waals surface area contributed by atoms with Crippen LogP contribution in [0.2, 0.25) is 0 Å². The maximum atomic E-state index is 11.7. The lowest BCUT2D eigenvalue weighted by atomic mass is 10.3. The minimum absolute atomic E-state index is 0.334. The number of anilines is 1. The highest BCUT2D eigenvalue weighted by molar-refractivity contribution is 7.90. The second kappa shape index (κ2) is 5.85. The van der Waals surface area contributed by atoms with Gasteiger partial charge in [0.15, 0.2) is 0 Å². The van der Waals surface area contributed by atoms with E-state index in [0.29, 0.717) is 24.6 Å². The fourth-order valence-electron chi connectivity index (χ4n) is 1.08. The average Bonchev–Trinajstić information content (AvgIpc) is 2.27. The summed E-state index contributed by atoms with van der Waals surface area (Å²) in [7, 11) is -0.627. The number of nitrogens with one attached hydrogen (secondary N) is 1. The predicted octanol–water partition coefficient (Wildman–Crippen LogP) is 0.242. The second-order valence-corrected chi connectivity index (χ2v) is 5.41. The maximum absolute atomic E-state index is 11.7. The van der Waals surface area contributed by atoms with Gasteiger partial charge in [-0.05, 0) is 12.1 Å². The van der Waals surface area contributed by atoms with Gasteiger partial charge in [0.2, 0.25) is 0 Å². The summed E-state index contributed by atoms with van der Waals surface area (Å²) in [4.78, 5) is 0. The molecule has 0 saturated carbocycles. The van der Waals surface area contributed by atoms with E-state index in [1.54, 1.807) is 24.3 Å². The average molecular weight is 259 g/mol. The van der Waals surface area contributed by atoms with Crippen LogP contribution < -0.4 is 15.2 Å². The Balaban J connectivity index is 2.91. The van der Waals surface area contributed by atoms with E-state index >= 15 is 0 Å². The summed E-state index contributed by atoms with van der Waals surface area (Å²) >= 11 is 0. The normalized spacial score (nSPS) is 11.5. The fraction of sp³-hybridized carbons (Fsp3) is 0.400. The van der Waals surface area contributed by atoms with Gasteiger partial charge in [0.25, 0.3) is 0 Å². The molecule has 0 aliphatic heterocycles. The highest BCUT2D eigenvalue weighted by atomic mass is 32.2. The molecule has 1 aromatic rings. The zero-order valence-corrected chi connectivity index (χ0v) is 10.7. The molecule has 7 heteroatoms. The first-order chi connectivity index (χ1) is 7.97. The van der Waals surface area contributed by atoms with Crippen molar-refractivity contribution in [1.82, 2.24) is 4.31 Å². The zero-order valence-electron chi connectivity index (χ0n) is 9.88. The maximum Gasteiger partial charge on any atom is 0.301 e. The molecule has 0 spiro atoms. The topological polar surface area (TPSA) is 84.7 Å². The van der Waals surface area contributed by atoms with Gasteiger partial charge in [0.1, 0.15) is 12.4 Å². The lowest BCUT2D eigenvalue weighted by molar-refractivity contribution is 0.330. The monoisotopic (exact) mass is 259 g/mol. The van der Waals surface area contributed by atoms with Crippen molar-refractivity contribution < 1.29 is 13.2 Å². The molecule has 0 aromatic heterocycles. The molecule has 0 radical (unpaired) electrons. The third-order valence-electron chi connectivity index (χ3n) is 1.98. The minimum atomic E-state index is -3.53. The van der Waals surface area contributed by atoms with E-state index in [1.165, 1.54) is 14.1 Å². The molecule has 0 aliphatic carbocycles. The van der Waals surface area contributed by atoms with Crippen LogP contribution in [-0.4, -0.2) is 40.0 Å². The number of hydrogen-bond acceptors (Lipinski definition) is 4. The smallest absolute Gasteiger partial charge is 0.301 e. The number of para-hydroxylation sites is 2. The van der Waals surface area contributed by atoms with Gasteiger partial charge in [0, 0.05) is 20.6 Å². The number of benzene rings is 1. The van der Waals surface area contributed by atoms with Gasteiger partial charge in [-0.25, -0.2) is 0 Å². The molecule has 0 heterocycles. The summed E-state index contributed by atoms with van der Waals surface area (Å²) in [5.41, 5.74) is 5.73. The van der Waals surface area contributed by atoms with Crippen molar-refractivity contribution in [2.24, 2.45) is 5.73 Å². The van der Waals surface area contributed by atoms with Gasteiger partial charge in [-0.2, -0.15) is 12.7 Å². The van der Waals surface area contributed by atoms with Crippen LogP contribution in [-0.2, 0) is 10.2 Å². The molecule has 6 nitrogen and oxygen atoms in total. The molecular weight excluding hydrogens is 242 g/mol. The van der Waals surface area contributed by atoms with Crippen LogP contribution in [0.1, 0.15) is 0 Å². The van der Waals surface area contributed by atoms with Crippen LogP contribution >= 0.6 is 0 Å². The van der Waals surface area contributed by atoms with E-state index in [4.69, 9.17) is 10.5 Å². The fourth-order valence-corrected chi connectivity index (χ4v) is 1.71. The van der Waals surface area contributed by atoms with Crippen molar-refractivity contribution in [3.8, 4) is 5.75 Å². The second-order valence-electron chi connectivity index (χ2n) is 3.52. The summed E-state index contributed by atoms with van der Waals surface area (Å²) in [6.45, 7) is 0.704. The van der Waals surface area contributed by atoms with Gasteiger partial charge >= 0.3 is 10.2 Å². The third kappa shape index (κ3) is 3.88. The predicted molar refractivity (Wildman–Crippen MR) is 67.2 cm³/mol. The lowest BCUT2D eigenvalue weighted by Crippen LogP contribution is -2.29. The van der Waals surface area contributed by atoms with Crippen molar-refractivity contribution in [3.05, 3.63) is 24.3 Å². The van der Waals surface area contributed by atoms with Crippen LogP contribution in [0.3, 0.4) is 0 Å². The first-order valence-corrected chi connectivity index (χ1v) is 6.53. The van der Waals surface area contributed by atoms with Gasteiger partial charge in [-0.15, -0.1) is 0 Å². The van der Waals surface area contributed by atoms with Crippen LogP contribution in [0.4, 0.5) is 5.69 Å². The van der Waals surface area contributed by atoms with Crippen LogP contribution in [0.25, 0.3) is 0 Å². The SMILES string of the molecule is CN(C)S(=O)(=O)Nc1ccccc1OCCN. The van der Waals surface area contributed by atoms with Crippen LogP contribution in [0.5, 0.6) is 5.75 Å². The summed E-state index contributed by atoms with van der Waals surface area (Å²) in [5.74, 6) is 0.461. The van der Waals surface area contributed by atoms with Gasteiger partial charge in [0.05, 0.1) is 5.69 Å². The molecule has 0 atom stereocenters. The summed E-state index contributed by atoms with van der Waals surface area (Å²) < 4.78 is 32.2.